The molecule has 9 nitrogen and oxygen atoms in total. The summed E-state index contributed by atoms with van der Waals surface area (Å²) in [7, 11) is 0. The summed E-state index contributed by atoms with van der Waals surface area (Å²) in [6.07, 6.45) is 22.1. The maximum Gasteiger partial charge on any atom is 0.315 e. The van der Waals surface area contributed by atoms with Crippen molar-refractivity contribution >= 4 is 17.7 Å². The topological polar surface area (TPSA) is 115 Å². The number of fused-ring (bicyclic) bond motifs is 1. The van der Waals surface area contributed by atoms with Gasteiger partial charge in [0, 0.05) is 43.5 Å². The van der Waals surface area contributed by atoms with Gasteiger partial charge in [0.2, 0.25) is 5.91 Å². The van der Waals surface area contributed by atoms with E-state index in [9.17, 15) is 14.4 Å². The Morgan fingerprint density at radius 1 is 0.904 bits per heavy atom. The van der Waals surface area contributed by atoms with E-state index >= 15 is 0 Å². The zero-order valence-electron chi connectivity index (χ0n) is 32.5. The highest BCUT2D eigenvalue weighted by atomic mass is 16.2. The Labute approximate surface area is 314 Å². The number of nitrogens with one attached hydrogen (secondary N) is 5. The molecule has 0 aromatic carbocycles. The summed E-state index contributed by atoms with van der Waals surface area (Å²) >= 11 is 0. The molecule has 5 N–H and O–H groups in total. The number of likely N-dealkylation sites (tertiary alicyclic amines) is 1. The zero-order valence-corrected chi connectivity index (χ0v) is 32.5. The van der Waals surface area contributed by atoms with Crippen LogP contribution in [0, 0.1) is 41.4 Å². The van der Waals surface area contributed by atoms with Crippen LogP contribution >= 0.6 is 0 Å². The number of Topliss-reactive ketones (excluding diaryl/α,β-unsaturated/α-hetero) is 1. The lowest BCUT2D eigenvalue weighted by atomic mass is 9.82. The Morgan fingerprint density at radius 2 is 1.54 bits per heavy atom. The lowest BCUT2D eigenvalue weighted by Gasteiger charge is -2.40. The van der Waals surface area contributed by atoms with Crippen molar-refractivity contribution in [3.8, 4) is 12.3 Å². The van der Waals surface area contributed by atoms with Gasteiger partial charge in [-0.25, -0.2) is 4.79 Å². The Hall–Kier alpha value is -3.67. The summed E-state index contributed by atoms with van der Waals surface area (Å²) < 4.78 is 0. The lowest BCUT2D eigenvalue weighted by molar-refractivity contribution is -0.130. The van der Waals surface area contributed by atoms with Crippen LogP contribution in [0.25, 0.3) is 0 Å². The molecule has 4 aliphatic rings. The number of rotatable bonds is 20. The van der Waals surface area contributed by atoms with Crippen LogP contribution in [0.1, 0.15) is 117 Å². The lowest BCUT2D eigenvalue weighted by Crippen LogP contribution is -2.56. The number of terminal acetylenes is 1. The van der Waals surface area contributed by atoms with Crippen molar-refractivity contribution in [3.05, 3.63) is 49.5 Å². The van der Waals surface area contributed by atoms with Crippen LogP contribution in [-0.2, 0) is 9.59 Å². The van der Waals surface area contributed by atoms with Crippen molar-refractivity contribution in [3.63, 3.8) is 0 Å². The zero-order chi connectivity index (χ0) is 37.8. The maximum absolute atomic E-state index is 14.4. The molecule has 52 heavy (non-hydrogen) atoms. The Bertz CT molecular complexity index is 1330. The third-order valence-corrected chi connectivity index (χ3v) is 12.5. The first-order valence-electron chi connectivity index (χ1n) is 20.2. The Balaban J connectivity index is 1.56. The number of carbonyl (C=O) groups is 3. The first-order valence-corrected chi connectivity index (χ1v) is 20.2. The van der Waals surface area contributed by atoms with Gasteiger partial charge in [-0.1, -0.05) is 84.6 Å². The summed E-state index contributed by atoms with van der Waals surface area (Å²) in [6.45, 7) is 24.9. The molecule has 1 saturated heterocycles. The third kappa shape index (κ3) is 10.5. The predicted molar refractivity (Wildman–Crippen MR) is 212 cm³/mol. The van der Waals surface area contributed by atoms with Crippen molar-refractivity contribution in [1.82, 2.24) is 31.5 Å². The second-order valence-corrected chi connectivity index (χ2v) is 16.4. The standard InChI is InChI=1S/C43H68N6O3/c1-9-12-24-36(40(50)30(5)45-27-10-2)46-41(51)39-37-34(43(37,7)8)28-49(39)31(6)38(33-22-16-13-14-17-23-33)48-42(52)47-35(26-25-29(4)44-11-3)32-20-18-15-19-21-32/h1,10,32-39,44-45H,2,4-6,11-28H2,3,7-8H3,(H,46,51)(H2,47,48,52)/t34-,35?,36?,37-,38?,39?/m0/s1. The average molecular weight is 717 g/mol. The second-order valence-electron chi connectivity index (χ2n) is 16.4. The van der Waals surface area contributed by atoms with E-state index in [1.165, 1.54) is 32.1 Å². The highest BCUT2D eigenvalue weighted by Crippen LogP contribution is 2.65. The molecule has 3 amide bonds. The fourth-order valence-corrected chi connectivity index (χ4v) is 9.41. The van der Waals surface area contributed by atoms with E-state index in [4.69, 9.17) is 6.42 Å². The Kier molecular flexibility index (Phi) is 15.3. The summed E-state index contributed by atoms with van der Waals surface area (Å²) in [5.74, 6) is 3.23. The first kappa shape index (κ1) is 41.1. The van der Waals surface area contributed by atoms with E-state index in [1.54, 1.807) is 6.08 Å². The maximum atomic E-state index is 14.4. The molecule has 4 fully saturated rings. The molecule has 0 aromatic heterocycles. The van der Waals surface area contributed by atoms with E-state index in [0.29, 0.717) is 37.8 Å². The van der Waals surface area contributed by atoms with Crippen LogP contribution in [0.4, 0.5) is 4.79 Å². The van der Waals surface area contributed by atoms with Gasteiger partial charge in [0.15, 0.2) is 5.78 Å². The molecule has 0 spiro atoms. The number of hydrogen-bond acceptors (Lipinski definition) is 6. The molecule has 3 aliphatic carbocycles. The minimum Gasteiger partial charge on any atom is -0.389 e. The van der Waals surface area contributed by atoms with Gasteiger partial charge in [-0.05, 0) is 81.0 Å². The smallest absolute Gasteiger partial charge is 0.315 e. The third-order valence-electron chi connectivity index (χ3n) is 12.5. The van der Waals surface area contributed by atoms with Gasteiger partial charge >= 0.3 is 6.03 Å². The van der Waals surface area contributed by atoms with Crippen molar-refractivity contribution < 1.29 is 14.4 Å². The molecule has 1 heterocycles. The summed E-state index contributed by atoms with van der Waals surface area (Å²) in [5.41, 5.74) is 2.01. The normalized spacial score (nSPS) is 24.4. The fourth-order valence-electron chi connectivity index (χ4n) is 9.41. The highest BCUT2D eigenvalue weighted by molar-refractivity contribution is 6.01. The van der Waals surface area contributed by atoms with E-state index in [1.807, 2.05) is 0 Å². The number of nitrogens with zero attached hydrogens (tertiary/aromatic N) is 1. The van der Waals surface area contributed by atoms with E-state index in [2.05, 4.69) is 84.5 Å². The van der Waals surface area contributed by atoms with Gasteiger partial charge in [-0.15, -0.1) is 18.9 Å². The number of piperidine rings is 1. The van der Waals surface area contributed by atoms with Gasteiger partial charge < -0.3 is 31.5 Å². The first-order chi connectivity index (χ1) is 24.9. The minimum absolute atomic E-state index is 0.0152. The molecule has 0 radical (unpaired) electrons. The molecule has 9 heteroatoms. The molecule has 0 aromatic rings. The molecular formula is C43H68N6O3. The van der Waals surface area contributed by atoms with Gasteiger partial charge in [0.05, 0.1) is 17.8 Å². The van der Waals surface area contributed by atoms with Gasteiger partial charge in [-0.3, -0.25) is 9.59 Å². The number of urea groups is 1. The monoisotopic (exact) mass is 717 g/mol. The minimum atomic E-state index is -0.800. The highest BCUT2D eigenvalue weighted by Gasteiger charge is 2.69. The molecule has 3 saturated carbocycles. The Morgan fingerprint density at radius 3 is 2.15 bits per heavy atom. The van der Waals surface area contributed by atoms with E-state index < -0.39 is 12.1 Å². The van der Waals surface area contributed by atoms with E-state index in [0.717, 1.165) is 69.3 Å². The number of carbonyl (C=O) groups excluding carboxylic acids is 3. The predicted octanol–water partition coefficient (Wildman–Crippen LogP) is 6.70. The van der Waals surface area contributed by atoms with Crippen LogP contribution in [0.3, 0.4) is 0 Å². The number of hydrogen-bond donors (Lipinski definition) is 5. The van der Waals surface area contributed by atoms with Crippen molar-refractivity contribution in [2.24, 2.45) is 29.1 Å². The molecular weight excluding hydrogens is 649 g/mol. The molecule has 0 bridgehead atoms. The molecule has 4 unspecified atom stereocenters. The van der Waals surface area contributed by atoms with Crippen LogP contribution in [-0.4, -0.2) is 66.4 Å². The van der Waals surface area contributed by atoms with Crippen LogP contribution < -0.4 is 26.6 Å². The van der Waals surface area contributed by atoms with Crippen molar-refractivity contribution in [2.45, 2.75) is 141 Å². The van der Waals surface area contributed by atoms with Crippen LogP contribution in [0.15, 0.2) is 49.5 Å². The molecule has 6 atom stereocenters. The summed E-state index contributed by atoms with van der Waals surface area (Å²) in [4.78, 5) is 44.1. The average Bonchev–Trinajstić information content (AvgIpc) is 3.55. The number of amides is 3. The van der Waals surface area contributed by atoms with Crippen molar-refractivity contribution in [1.29, 1.82) is 0 Å². The molecule has 1 aliphatic heterocycles. The van der Waals surface area contributed by atoms with Crippen molar-refractivity contribution in [2.75, 3.05) is 19.6 Å². The summed E-state index contributed by atoms with van der Waals surface area (Å²) in [5, 5.41) is 16.3. The molecule has 4 rings (SSSR count). The van der Waals surface area contributed by atoms with Gasteiger partial charge in [0.1, 0.15) is 6.04 Å². The number of allylic oxidation sites excluding steroid dienone is 1. The second kappa shape index (κ2) is 19.4. The van der Waals surface area contributed by atoms with Gasteiger partial charge in [-0.2, -0.15) is 0 Å². The van der Waals surface area contributed by atoms with Gasteiger partial charge in [0.25, 0.3) is 0 Å². The molecule has 288 valence electrons. The summed E-state index contributed by atoms with van der Waals surface area (Å²) in [6, 6.07) is -1.71. The van der Waals surface area contributed by atoms with Crippen LogP contribution in [0.2, 0.25) is 0 Å². The van der Waals surface area contributed by atoms with E-state index in [-0.39, 0.29) is 52.8 Å². The quantitative estimate of drug-likeness (QED) is 0.0415. The SMILES string of the molecule is C#CCCC(NC(=O)C1[C@@H]2[C@H](CN1C(=C)C(NC(=O)NC(CCC(=C)NCC)C1CCCCC1)C1CCCCCC1)C2(C)C)C(=O)C(=C)NCC=C. The fraction of sp³-hybridized carbons (Fsp3) is 0.698. The number of ketones is 1. The van der Waals surface area contributed by atoms with Crippen LogP contribution in [0.5, 0.6) is 0 Å². The largest absolute Gasteiger partial charge is 0.389 e.